The molecule has 3 nitrogen and oxygen atoms in total. The monoisotopic (exact) mass is 274 g/mol. The lowest BCUT2D eigenvalue weighted by atomic mass is 10.1. The molecule has 3 atom stereocenters. The summed E-state index contributed by atoms with van der Waals surface area (Å²) in [4.78, 5) is 3.53. The van der Waals surface area contributed by atoms with Crippen LogP contribution >= 0.6 is 22.9 Å². The first kappa shape index (κ1) is 13.3. The van der Waals surface area contributed by atoms with Crippen LogP contribution in [0.2, 0.25) is 4.34 Å². The van der Waals surface area contributed by atoms with Gasteiger partial charge in [-0.1, -0.05) is 11.6 Å². The maximum Gasteiger partial charge on any atom is 0.0931 e. The molecule has 3 N–H and O–H groups in total. The third-order valence-electron chi connectivity index (χ3n) is 3.37. The highest BCUT2D eigenvalue weighted by atomic mass is 35.5. The van der Waals surface area contributed by atoms with Gasteiger partial charge in [-0.3, -0.25) is 4.90 Å². The Morgan fingerprint density at radius 2 is 2.41 bits per heavy atom. The number of halogens is 1. The minimum absolute atomic E-state index is 0.0388. The number of nitrogens with two attached hydrogens (primary N) is 1. The molecule has 96 valence electrons. The van der Waals surface area contributed by atoms with E-state index in [0.717, 1.165) is 23.7 Å². The van der Waals surface area contributed by atoms with Gasteiger partial charge in [0.05, 0.1) is 17.0 Å². The van der Waals surface area contributed by atoms with E-state index in [-0.39, 0.29) is 24.7 Å². The zero-order valence-corrected chi connectivity index (χ0v) is 11.5. The third-order valence-corrected chi connectivity index (χ3v) is 4.68. The van der Waals surface area contributed by atoms with E-state index < -0.39 is 0 Å². The predicted molar refractivity (Wildman–Crippen MR) is 72.5 cm³/mol. The molecule has 2 rings (SSSR count). The first-order chi connectivity index (χ1) is 8.13. The number of hydrogen-bond donors (Lipinski definition) is 2. The van der Waals surface area contributed by atoms with Crippen LogP contribution < -0.4 is 5.73 Å². The highest BCUT2D eigenvalue weighted by Crippen LogP contribution is 2.36. The standard InChI is InChI=1S/C12H19ClN2OS/c1-8(14)12(10-4-5-11(13)17-10)15-6-2-3-9(15)7-16/h4-5,8-9,12,16H,2-3,6-7,14H2,1H3. The van der Waals surface area contributed by atoms with Crippen molar-refractivity contribution in [1.82, 2.24) is 4.90 Å². The van der Waals surface area contributed by atoms with Crippen molar-refractivity contribution in [3.8, 4) is 0 Å². The van der Waals surface area contributed by atoms with E-state index in [1.54, 1.807) is 11.3 Å². The molecule has 1 aliphatic rings. The van der Waals surface area contributed by atoms with Crippen molar-refractivity contribution < 1.29 is 5.11 Å². The summed E-state index contributed by atoms with van der Waals surface area (Å²) in [7, 11) is 0. The number of thiophene rings is 1. The molecule has 17 heavy (non-hydrogen) atoms. The van der Waals surface area contributed by atoms with Gasteiger partial charge in [0.2, 0.25) is 0 Å². The molecule has 0 saturated carbocycles. The Bertz CT molecular complexity index is 369. The Balaban J connectivity index is 2.23. The van der Waals surface area contributed by atoms with Crippen LogP contribution in [-0.2, 0) is 0 Å². The van der Waals surface area contributed by atoms with Crippen LogP contribution in [0.3, 0.4) is 0 Å². The van der Waals surface area contributed by atoms with Gasteiger partial charge in [-0.25, -0.2) is 0 Å². The van der Waals surface area contributed by atoms with Crippen LogP contribution in [0, 0.1) is 0 Å². The van der Waals surface area contributed by atoms with Crippen LogP contribution in [0.5, 0.6) is 0 Å². The third kappa shape index (κ3) is 2.83. The van der Waals surface area contributed by atoms with Crippen molar-refractivity contribution in [3.05, 3.63) is 21.3 Å². The molecule has 0 amide bonds. The average molecular weight is 275 g/mol. The lowest BCUT2D eigenvalue weighted by molar-refractivity contribution is 0.109. The minimum atomic E-state index is 0.0388. The van der Waals surface area contributed by atoms with Crippen molar-refractivity contribution >= 4 is 22.9 Å². The smallest absolute Gasteiger partial charge is 0.0931 e. The molecule has 1 saturated heterocycles. The zero-order chi connectivity index (χ0) is 12.4. The van der Waals surface area contributed by atoms with Gasteiger partial charge in [0.15, 0.2) is 0 Å². The topological polar surface area (TPSA) is 49.5 Å². The Hall–Kier alpha value is -0.130. The fourth-order valence-corrected chi connectivity index (χ4v) is 3.93. The molecule has 0 aromatic carbocycles. The van der Waals surface area contributed by atoms with E-state index in [4.69, 9.17) is 17.3 Å². The number of aliphatic hydroxyl groups excluding tert-OH is 1. The fraction of sp³-hybridized carbons (Fsp3) is 0.667. The Labute approximate surface area is 111 Å². The maximum absolute atomic E-state index is 9.41. The lowest BCUT2D eigenvalue weighted by Gasteiger charge is -2.34. The summed E-state index contributed by atoms with van der Waals surface area (Å²) in [5, 5.41) is 9.41. The quantitative estimate of drug-likeness (QED) is 0.885. The van der Waals surface area contributed by atoms with E-state index in [2.05, 4.69) is 4.90 Å². The number of nitrogens with zero attached hydrogens (tertiary/aromatic N) is 1. The highest BCUT2D eigenvalue weighted by Gasteiger charge is 2.33. The Kier molecular flexibility index (Phi) is 4.44. The van der Waals surface area contributed by atoms with Gasteiger partial charge in [-0.15, -0.1) is 11.3 Å². The fourth-order valence-electron chi connectivity index (χ4n) is 2.63. The number of likely N-dealkylation sites (tertiary alicyclic amines) is 1. The number of aliphatic hydroxyl groups is 1. The zero-order valence-electron chi connectivity index (χ0n) is 9.97. The van der Waals surface area contributed by atoms with Crippen LogP contribution in [0.1, 0.15) is 30.7 Å². The van der Waals surface area contributed by atoms with E-state index in [1.165, 1.54) is 4.88 Å². The van der Waals surface area contributed by atoms with Crippen molar-refractivity contribution in [2.24, 2.45) is 5.73 Å². The summed E-state index contributed by atoms with van der Waals surface area (Å²) in [6, 6.07) is 4.42. The lowest BCUT2D eigenvalue weighted by Crippen LogP contribution is -2.43. The molecule has 0 spiro atoms. The second kappa shape index (κ2) is 5.67. The number of rotatable bonds is 4. The Morgan fingerprint density at radius 3 is 2.94 bits per heavy atom. The first-order valence-electron chi connectivity index (χ1n) is 6.01. The average Bonchev–Trinajstić information content (AvgIpc) is 2.88. The molecule has 0 radical (unpaired) electrons. The number of hydrogen-bond acceptors (Lipinski definition) is 4. The molecule has 1 aliphatic heterocycles. The second-order valence-electron chi connectivity index (χ2n) is 4.66. The summed E-state index contributed by atoms with van der Waals surface area (Å²) < 4.78 is 0.797. The first-order valence-corrected chi connectivity index (χ1v) is 7.20. The molecular weight excluding hydrogens is 256 g/mol. The second-order valence-corrected chi connectivity index (χ2v) is 6.41. The van der Waals surface area contributed by atoms with Crippen LogP contribution in [0.4, 0.5) is 0 Å². The summed E-state index contributed by atoms with van der Waals surface area (Å²) in [6.07, 6.45) is 2.19. The molecule has 0 aliphatic carbocycles. The van der Waals surface area contributed by atoms with Crippen molar-refractivity contribution in [2.45, 2.75) is 37.9 Å². The van der Waals surface area contributed by atoms with Crippen molar-refractivity contribution in [1.29, 1.82) is 0 Å². The Morgan fingerprint density at radius 1 is 1.65 bits per heavy atom. The van der Waals surface area contributed by atoms with Gasteiger partial charge < -0.3 is 10.8 Å². The molecule has 5 heteroatoms. The molecular formula is C12H19ClN2OS. The molecule has 0 bridgehead atoms. The van der Waals surface area contributed by atoms with E-state index in [0.29, 0.717) is 0 Å². The molecule has 3 unspecified atom stereocenters. The summed E-state index contributed by atoms with van der Waals surface area (Å²) in [5.41, 5.74) is 6.11. The van der Waals surface area contributed by atoms with Gasteiger partial charge in [-0.05, 0) is 38.4 Å². The van der Waals surface area contributed by atoms with Crippen LogP contribution in [-0.4, -0.2) is 35.2 Å². The van der Waals surface area contributed by atoms with E-state index >= 15 is 0 Å². The molecule has 1 aromatic heterocycles. The summed E-state index contributed by atoms with van der Waals surface area (Å²) in [5.74, 6) is 0. The van der Waals surface area contributed by atoms with Gasteiger partial charge in [0.25, 0.3) is 0 Å². The SMILES string of the molecule is CC(N)C(c1ccc(Cl)s1)N1CCCC1CO. The minimum Gasteiger partial charge on any atom is -0.395 e. The normalized spacial score (nSPS) is 25.1. The highest BCUT2D eigenvalue weighted by molar-refractivity contribution is 7.16. The maximum atomic E-state index is 9.41. The van der Waals surface area contributed by atoms with E-state index in [1.807, 2.05) is 19.1 Å². The predicted octanol–water partition coefficient (Wildman–Crippen LogP) is 2.25. The van der Waals surface area contributed by atoms with Crippen molar-refractivity contribution in [3.63, 3.8) is 0 Å². The summed E-state index contributed by atoms with van der Waals surface area (Å²) >= 11 is 7.58. The van der Waals surface area contributed by atoms with Crippen LogP contribution in [0.25, 0.3) is 0 Å². The largest absolute Gasteiger partial charge is 0.395 e. The summed E-state index contributed by atoms with van der Waals surface area (Å²) in [6.45, 7) is 3.24. The molecule has 1 fully saturated rings. The van der Waals surface area contributed by atoms with Gasteiger partial charge in [0.1, 0.15) is 0 Å². The molecule has 1 aromatic rings. The van der Waals surface area contributed by atoms with Gasteiger partial charge in [-0.2, -0.15) is 0 Å². The van der Waals surface area contributed by atoms with Gasteiger partial charge in [0, 0.05) is 17.0 Å². The van der Waals surface area contributed by atoms with Crippen LogP contribution in [0.15, 0.2) is 12.1 Å². The van der Waals surface area contributed by atoms with Gasteiger partial charge >= 0.3 is 0 Å². The van der Waals surface area contributed by atoms with E-state index in [9.17, 15) is 5.11 Å². The molecule has 2 heterocycles. The van der Waals surface area contributed by atoms with Crippen molar-refractivity contribution in [2.75, 3.05) is 13.2 Å².